The van der Waals surface area contributed by atoms with E-state index in [4.69, 9.17) is 9.47 Å². The van der Waals surface area contributed by atoms with E-state index >= 15 is 0 Å². The van der Waals surface area contributed by atoms with E-state index in [-0.39, 0.29) is 5.97 Å². The van der Waals surface area contributed by atoms with E-state index in [1.807, 2.05) is 24.3 Å². The Kier molecular flexibility index (Phi) is 3.48. The van der Waals surface area contributed by atoms with Crippen molar-refractivity contribution in [2.45, 2.75) is 43.4 Å². The van der Waals surface area contributed by atoms with Gasteiger partial charge in [-0.25, -0.2) is 4.79 Å². The van der Waals surface area contributed by atoms with Crippen molar-refractivity contribution in [2.24, 2.45) is 0 Å². The Morgan fingerprint density at radius 3 is 3.12 bits per heavy atom. The molecule has 4 aliphatic rings. The van der Waals surface area contributed by atoms with Crippen molar-refractivity contribution in [3.05, 3.63) is 53.1 Å². The lowest BCUT2D eigenvalue weighted by molar-refractivity contribution is -0.148. The molecule has 1 aromatic carbocycles. The van der Waals surface area contributed by atoms with Crippen LogP contribution < -0.4 is 4.74 Å². The monoisotopic (exact) mass is 347 g/mol. The van der Waals surface area contributed by atoms with E-state index in [9.17, 15) is 4.79 Å². The number of carbonyl (C=O) groups is 1. The summed E-state index contributed by atoms with van der Waals surface area (Å²) in [7, 11) is 1.65. The Morgan fingerprint density at radius 2 is 2.23 bits per heavy atom. The molecule has 1 aliphatic carbocycles. The minimum absolute atomic E-state index is 0.220. The molecule has 3 aliphatic heterocycles. The normalized spacial score (nSPS) is 31.8. The molecule has 3 atom stereocenters. The highest BCUT2D eigenvalue weighted by Crippen LogP contribution is 2.53. The largest absolute Gasteiger partial charge is 0.497 e. The lowest BCUT2D eigenvalue weighted by atomic mass is 9.77. The van der Waals surface area contributed by atoms with Crippen LogP contribution in [0.3, 0.4) is 0 Å². The quantitative estimate of drug-likeness (QED) is 0.578. The number of piperidine rings is 1. The van der Waals surface area contributed by atoms with Crippen molar-refractivity contribution in [2.75, 3.05) is 13.7 Å². The SMILES string of the molecule is COc1cccc(C#CC2=C[C@@H]3C[C@@]4(OC(=O)C=C24)C2CCCCN23)c1. The van der Waals surface area contributed by atoms with Gasteiger partial charge in [0.1, 0.15) is 5.75 Å². The molecule has 5 rings (SSSR count). The summed E-state index contributed by atoms with van der Waals surface area (Å²) in [5, 5.41) is 0. The van der Waals surface area contributed by atoms with Crippen LogP contribution in [0.4, 0.5) is 0 Å². The zero-order valence-electron chi connectivity index (χ0n) is 14.8. The van der Waals surface area contributed by atoms with Gasteiger partial charge in [0.25, 0.3) is 0 Å². The maximum absolute atomic E-state index is 12.2. The zero-order chi connectivity index (χ0) is 17.7. The van der Waals surface area contributed by atoms with Gasteiger partial charge >= 0.3 is 5.97 Å². The Labute approximate surface area is 153 Å². The number of esters is 1. The highest BCUT2D eigenvalue weighted by atomic mass is 16.6. The smallest absolute Gasteiger partial charge is 0.332 e. The molecule has 1 spiro atoms. The fraction of sp³-hybridized carbons (Fsp3) is 0.409. The molecule has 1 unspecified atom stereocenters. The van der Waals surface area contributed by atoms with Gasteiger partial charge in [-0.2, -0.15) is 0 Å². The van der Waals surface area contributed by atoms with Crippen LogP contribution in [-0.2, 0) is 9.53 Å². The van der Waals surface area contributed by atoms with Crippen LogP contribution in [0.15, 0.2) is 47.6 Å². The molecule has 3 heterocycles. The summed E-state index contributed by atoms with van der Waals surface area (Å²) in [4.78, 5) is 14.7. The van der Waals surface area contributed by atoms with Crippen molar-refractivity contribution in [3.8, 4) is 17.6 Å². The van der Waals surface area contributed by atoms with Gasteiger partial charge in [-0.15, -0.1) is 0 Å². The van der Waals surface area contributed by atoms with Crippen LogP contribution in [0.5, 0.6) is 5.75 Å². The number of ether oxygens (including phenoxy) is 2. The van der Waals surface area contributed by atoms with Crippen molar-refractivity contribution in [3.63, 3.8) is 0 Å². The second kappa shape index (κ2) is 5.75. The third kappa shape index (κ3) is 2.24. The maximum atomic E-state index is 12.2. The first-order valence-corrected chi connectivity index (χ1v) is 9.29. The van der Waals surface area contributed by atoms with Crippen LogP contribution >= 0.6 is 0 Å². The molecule has 2 bridgehead atoms. The Balaban J connectivity index is 1.55. The number of fused-ring (bicyclic) bond motifs is 3. The van der Waals surface area contributed by atoms with E-state index < -0.39 is 5.60 Å². The molecule has 0 aromatic heterocycles. The first-order valence-electron chi connectivity index (χ1n) is 9.29. The summed E-state index contributed by atoms with van der Waals surface area (Å²) in [6.07, 6.45) is 8.29. The predicted octanol–water partition coefficient (Wildman–Crippen LogP) is 2.84. The number of rotatable bonds is 1. The molecule has 2 fully saturated rings. The van der Waals surface area contributed by atoms with Gasteiger partial charge < -0.3 is 9.47 Å². The van der Waals surface area contributed by atoms with E-state index in [1.54, 1.807) is 13.2 Å². The van der Waals surface area contributed by atoms with Gasteiger partial charge in [-0.05, 0) is 37.6 Å². The molecule has 2 saturated heterocycles. The molecule has 0 amide bonds. The topological polar surface area (TPSA) is 38.8 Å². The lowest BCUT2D eigenvalue weighted by Crippen LogP contribution is -2.48. The van der Waals surface area contributed by atoms with Crippen LogP contribution in [-0.4, -0.2) is 42.2 Å². The summed E-state index contributed by atoms with van der Waals surface area (Å²) in [6, 6.07) is 8.35. The highest BCUT2D eigenvalue weighted by Gasteiger charge is 2.61. The zero-order valence-corrected chi connectivity index (χ0v) is 14.8. The third-order valence-corrected chi connectivity index (χ3v) is 6.08. The van der Waals surface area contributed by atoms with Crippen LogP contribution in [0.2, 0.25) is 0 Å². The Morgan fingerprint density at radius 1 is 1.31 bits per heavy atom. The van der Waals surface area contributed by atoms with Gasteiger partial charge in [-0.3, -0.25) is 4.90 Å². The summed E-state index contributed by atoms with van der Waals surface area (Å²) in [6.45, 7) is 1.08. The summed E-state index contributed by atoms with van der Waals surface area (Å²) >= 11 is 0. The van der Waals surface area contributed by atoms with E-state index in [1.165, 1.54) is 12.8 Å². The van der Waals surface area contributed by atoms with Gasteiger partial charge in [-0.1, -0.05) is 30.4 Å². The Hall–Kier alpha value is -2.51. The number of hydrogen-bond donors (Lipinski definition) is 0. The molecule has 132 valence electrons. The van der Waals surface area contributed by atoms with Crippen molar-refractivity contribution >= 4 is 5.97 Å². The minimum Gasteiger partial charge on any atom is -0.497 e. The second-order valence-corrected chi connectivity index (χ2v) is 7.45. The number of nitrogens with zero attached hydrogens (tertiary/aromatic N) is 1. The average molecular weight is 347 g/mol. The minimum atomic E-state index is -0.477. The third-order valence-electron chi connectivity index (χ3n) is 6.08. The predicted molar refractivity (Wildman–Crippen MR) is 97.6 cm³/mol. The molecule has 1 aromatic rings. The molecule has 0 saturated carbocycles. The lowest BCUT2D eigenvalue weighted by Gasteiger charge is -2.38. The summed E-state index contributed by atoms with van der Waals surface area (Å²) in [5.41, 5.74) is 2.36. The van der Waals surface area contributed by atoms with Gasteiger partial charge in [0, 0.05) is 35.2 Å². The Bertz CT molecular complexity index is 903. The first-order chi connectivity index (χ1) is 12.7. The van der Waals surface area contributed by atoms with Crippen molar-refractivity contribution in [1.29, 1.82) is 0 Å². The average Bonchev–Trinajstić information content (AvgIpc) is 3.15. The van der Waals surface area contributed by atoms with E-state index in [2.05, 4.69) is 22.8 Å². The maximum Gasteiger partial charge on any atom is 0.332 e. The van der Waals surface area contributed by atoms with Gasteiger partial charge in [0.2, 0.25) is 0 Å². The molecular formula is C22H21NO3. The van der Waals surface area contributed by atoms with Crippen LogP contribution in [0, 0.1) is 11.8 Å². The van der Waals surface area contributed by atoms with Crippen LogP contribution in [0.1, 0.15) is 31.2 Å². The van der Waals surface area contributed by atoms with Gasteiger partial charge in [0.05, 0.1) is 13.2 Å². The molecular weight excluding hydrogens is 326 g/mol. The molecule has 0 N–H and O–H groups in total. The molecule has 0 radical (unpaired) electrons. The van der Waals surface area contributed by atoms with Crippen molar-refractivity contribution < 1.29 is 14.3 Å². The second-order valence-electron chi connectivity index (χ2n) is 7.45. The highest BCUT2D eigenvalue weighted by molar-refractivity contribution is 5.90. The van der Waals surface area contributed by atoms with Crippen molar-refractivity contribution in [1.82, 2.24) is 4.90 Å². The summed E-state index contributed by atoms with van der Waals surface area (Å²) < 4.78 is 11.2. The first kappa shape index (κ1) is 15.7. The standard InChI is InChI=1S/C22H21NO3/c1-25-18-6-4-5-15(11-18)8-9-16-12-17-14-22(19(16)13-21(24)26-22)20-7-2-3-10-23(17)20/h4-6,11-13,17,20H,2-3,7,10,14H2,1H3/t17-,20?,22+/m1/s1. The molecule has 4 heteroatoms. The van der Waals surface area contributed by atoms with E-state index in [0.29, 0.717) is 12.1 Å². The fourth-order valence-corrected chi connectivity index (χ4v) is 5.01. The molecule has 4 nitrogen and oxygen atoms in total. The number of hydrogen-bond acceptors (Lipinski definition) is 4. The fourth-order valence-electron chi connectivity index (χ4n) is 5.01. The molecule has 26 heavy (non-hydrogen) atoms. The number of benzene rings is 1. The van der Waals surface area contributed by atoms with Crippen LogP contribution in [0.25, 0.3) is 0 Å². The number of methoxy groups -OCH3 is 1. The summed E-state index contributed by atoms with van der Waals surface area (Å²) in [5.74, 6) is 7.13. The van der Waals surface area contributed by atoms with E-state index in [0.717, 1.165) is 41.8 Å². The number of carbonyl (C=O) groups excluding carboxylic acids is 1. The van der Waals surface area contributed by atoms with Gasteiger partial charge in [0.15, 0.2) is 5.60 Å².